The van der Waals surface area contributed by atoms with Gasteiger partial charge in [0.25, 0.3) is 0 Å². The van der Waals surface area contributed by atoms with Crippen molar-refractivity contribution in [3.8, 4) is 0 Å². The average molecular weight is 361 g/mol. The van der Waals surface area contributed by atoms with Gasteiger partial charge in [-0.25, -0.2) is 13.4 Å². The zero-order valence-electron chi connectivity index (χ0n) is 14.6. The maximum atomic E-state index is 11.2. The molecule has 1 aromatic rings. The third kappa shape index (κ3) is 8.31. The first kappa shape index (κ1) is 19.9. The van der Waals surface area contributed by atoms with E-state index in [4.69, 9.17) is 0 Å². The summed E-state index contributed by atoms with van der Waals surface area (Å²) >= 11 is 1.70. The Kier molecular flexibility index (Phi) is 7.98. The van der Waals surface area contributed by atoms with E-state index >= 15 is 0 Å². The van der Waals surface area contributed by atoms with E-state index in [9.17, 15) is 8.42 Å². The van der Waals surface area contributed by atoms with Gasteiger partial charge in [0, 0.05) is 43.6 Å². The number of nitrogens with one attached hydrogen (secondary N) is 2. The second-order valence-corrected chi connectivity index (χ2v) is 9.19. The number of aromatic nitrogens is 1. The molecule has 0 bridgehead atoms. The van der Waals surface area contributed by atoms with Gasteiger partial charge in [-0.3, -0.25) is 4.99 Å². The van der Waals surface area contributed by atoms with Crippen LogP contribution >= 0.6 is 11.3 Å². The minimum atomic E-state index is -2.93. The van der Waals surface area contributed by atoms with E-state index in [1.54, 1.807) is 18.4 Å². The Hall–Kier alpha value is -1.15. The minimum absolute atomic E-state index is 0.0442. The third-order valence-electron chi connectivity index (χ3n) is 3.27. The van der Waals surface area contributed by atoms with Crippen LogP contribution in [0, 0.1) is 0 Å². The Morgan fingerprint density at radius 1 is 1.39 bits per heavy atom. The molecule has 0 aliphatic rings. The zero-order chi connectivity index (χ0) is 17.5. The number of aliphatic imine (C=N–C) groups is 1. The van der Waals surface area contributed by atoms with E-state index in [0.29, 0.717) is 18.3 Å². The van der Waals surface area contributed by atoms with Gasteiger partial charge in [-0.15, -0.1) is 11.3 Å². The van der Waals surface area contributed by atoms with Crippen molar-refractivity contribution in [3.05, 3.63) is 16.1 Å². The second-order valence-electron chi connectivity index (χ2n) is 6.04. The summed E-state index contributed by atoms with van der Waals surface area (Å²) in [6.45, 7) is 6.97. The Labute approximate surface area is 143 Å². The molecule has 0 amide bonds. The molecule has 132 valence electrons. The van der Waals surface area contributed by atoms with Gasteiger partial charge in [-0.1, -0.05) is 13.8 Å². The molecule has 0 radical (unpaired) electrons. The molecule has 0 aliphatic heterocycles. The molecule has 0 fully saturated rings. The summed E-state index contributed by atoms with van der Waals surface area (Å²) in [4.78, 5) is 8.77. The van der Waals surface area contributed by atoms with Crippen LogP contribution in [0.4, 0.5) is 0 Å². The molecule has 0 saturated heterocycles. The molecular formula is C15H28N4O2S2. The molecule has 8 heteroatoms. The number of rotatable bonds is 8. The highest BCUT2D eigenvalue weighted by Crippen LogP contribution is 2.19. The maximum absolute atomic E-state index is 11.2. The monoisotopic (exact) mass is 360 g/mol. The fourth-order valence-corrected chi connectivity index (χ4v) is 3.55. The van der Waals surface area contributed by atoms with Crippen molar-refractivity contribution in [2.24, 2.45) is 4.99 Å². The fourth-order valence-electron chi connectivity index (χ4n) is 1.90. The van der Waals surface area contributed by atoms with E-state index in [1.165, 1.54) is 6.26 Å². The van der Waals surface area contributed by atoms with Crippen LogP contribution in [0.1, 0.15) is 43.8 Å². The Morgan fingerprint density at radius 2 is 2.09 bits per heavy atom. The van der Waals surface area contributed by atoms with Crippen molar-refractivity contribution in [1.82, 2.24) is 15.6 Å². The van der Waals surface area contributed by atoms with Crippen molar-refractivity contribution < 1.29 is 8.42 Å². The summed E-state index contributed by atoms with van der Waals surface area (Å²) < 4.78 is 22.4. The number of hydrogen-bond acceptors (Lipinski definition) is 5. The van der Waals surface area contributed by atoms with Gasteiger partial charge in [0.05, 0.1) is 16.5 Å². The molecule has 0 aliphatic carbocycles. The van der Waals surface area contributed by atoms with Crippen LogP contribution in [0.2, 0.25) is 0 Å². The molecule has 6 nitrogen and oxygen atoms in total. The van der Waals surface area contributed by atoms with Gasteiger partial charge in [0.15, 0.2) is 5.96 Å². The van der Waals surface area contributed by atoms with Gasteiger partial charge in [0.1, 0.15) is 9.84 Å². The van der Waals surface area contributed by atoms with Crippen molar-refractivity contribution >= 4 is 27.1 Å². The molecule has 0 spiro atoms. The number of thiazole rings is 1. The van der Waals surface area contributed by atoms with Gasteiger partial charge in [-0.2, -0.15) is 0 Å². The average Bonchev–Trinajstić information content (AvgIpc) is 2.92. The van der Waals surface area contributed by atoms with E-state index < -0.39 is 9.84 Å². The van der Waals surface area contributed by atoms with Gasteiger partial charge in [0.2, 0.25) is 0 Å². The molecule has 1 heterocycles. The molecule has 2 N–H and O–H groups in total. The molecule has 1 rings (SSSR count). The van der Waals surface area contributed by atoms with Crippen LogP contribution in [-0.4, -0.2) is 51.0 Å². The van der Waals surface area contributed by atoms with Crippen LogP contribution in [0.25, 0.3) is 0 Å². The molecule has 23 heavy (non-hydrogen) atoms. The van der Waals surface area contributed by atoms with Crippen LogP contribution in [0.15, 0.2) is 10.4 Å². The van der Waals surface area contributed by atoms with Crippen LogP contribution < -0.4 is 10.6 Å². The van der Waals surface area contributed by atoms with Gasteiger partial charge >= 0.3 is 0 Å². The highest BCUT2D eigenvalue weighted by atomic mass is 32.2. The molecule has 1 atom stereocenters. The Morgan fingerprint density at radius 3 is 2.61 bits per heavy atom. The quantitative estimate of drug-likeness (QED) is 0.545. The van der Waals surface area contributed by atoms with E-state index in [-0.39, 0.29) is 11.8 Å². The van der Waals surface area contributed by atoms with Gasteiger partial charge in [-0.05, 0) is 13.3 Å². The minimum Gasteiger partial charge on any atom is -0.356 e. The topological polar surface area (TPSA) is 83.4 Å². The largest absolute Gasteiger partial charge is 0.356 e. The number of sulfone groups is 1. The first-order valence-electron chi connectivity index (χ1n) is 7.80. The summed E-state index contributed by atoms with van der Waals surface area (Å²) in [5.41, 5.74) is 1.09. The predicted molar refractivity (Wildman–Crippen MR) is 98.2 cm³/mol. The lowest BCUT2D eigenvalue weighted by molar-refractivity contribution is 0.581. The molecule has 1 aromatic heterocycles. The summed E-state index contributed by atoms with van der Waals surface area (Å²) in [5, 5.41) is 9.71. The Bertz CT molecular complexity index is 609. The zero-order valence-corrected chi connectivity index (χ0v) is 16.2. The lowest BCUT2D eigenvalue weighted by Crippen LogP contribution is -2.43. The third-order valence-corrected chi connectivity index (χ3v) is 5.44. The lowest BCUT2D eigenvalue weighted by Gasteiger charge is -2.17. The van der Waals surface area contributed by atoms with Gasteiger partial charge < -0.3 is 10.6 Å². The first-order valence-corrected chi connectivity index (χ1v) is 10.7. The van der Waals surface area contributed by atoms with Crippen LogP contribution in [0.3, 0.4) is 0 Å². The highest BCUT2D eigenvalue weighted by Gasteiger charge is 2.10. The summed E-state index contributed by atoms with van der Waals surface area (Å²) in [7, 11) is -1.22. The number of hydrogen-bond donors (Lipinski definition) is 2. The van der Waals surface area contributed by atoms with Crippen LogP contribution in [-0.2, 0) is 16.3 Å². The highest BCUT2D eigenvalue weighted by molar-refractivity contribution is 7.90. The van der Waals surface area contributed by atoms with E-state index in [2.05, 4.69) is 39.8 Å². The van der Waals surface area contributed by atoms with Crippen molar-refractivity contribution in [1.29, 1.82) is 0 Å². The summed E-state index contributed by atoms with van der Waals surface area (Å²) in [6.07, 6.45) is 2.65. The first-order chi connectivity index (χ1) is 10.7. The normalized spacial score (nSPS) is 14.1. The molecule has 1 unspecified atom stereocenters. The smallest absolute Gasteiger partial charge is 0.191 e. The predicted octanol–water partition coefficient (Wildman–Crippen LogP) is 1.80. The van der Waals surface area contributed by atoms with Crippen molar-refractivity contribution in [2.75, 3.05) is 25.6 Å². The summed E-state index contributed by atoms with van der Waals surface area (Å²) in [6, 6.07) is 0.0442. The van der Waals surface area contributed by atoms with Crippen molar-refractivity contribution in [3.63, 3.8) is 0 Å². The number of guanidine groups is 1. The summed E-state index contributed by atoms with van der Waals surface area (Å²) in [5.74, 6) is 1.33. The second kappa shape index (κ2) is 9.22. The standard InChI is InChI=1S/C15H28N4O2S2/c1-11(2)14-19-13(10-22-14)6-8-17-15(16-4)18-12(3)7-9-23(5,20)21/h10-12H,6-9H2,1-5H3,(H2,16,17,18). The lowest BCUT2D eigenvalue weighted by atomic mass is 10.2. The Balaban J connectivity index is 2.36. The fraction of sp³-hybridized carbons (Fsp3) is 0.733. The van der Waals surface area contributed by atoms with Crippen molar-refractivity contribution in [2.45, 2.75) is 45.6 Å². The van der Waals surface area contributed by atoms with E-state index in [1.807, 2.05) is 6.92 Å². The van der Waals surface area contributed by atoms with E-state index in [0.717, 1.165) is 23.7 Å². The SMILES string of the molecule is CN=C(NCCc1csc(C(C)C)n1)NC(C)CCS(C)(=O)=O. The van der Waals surface area contributed by atoms with Crippen LogP contribution in [0.5, 0.6) is 0 Å². The molecule has 0 saturated carbocycles. The maximum Gasteiger partial charge on any atom is 0.191 e. The number of nitrogens with zero attached hydrogens (tertiary/aromatic N) is 2. The molecule has 0 aromatic carbocycles. The molecular weight excluding hydrogens is 332 g/mol.